The van der Waals surface area contributed by atoms with Crippen LogP contribution in [0.4, 0.5) is 13.2 Å². The molecule has 0 N–H and O–H groups in total. The van der Waals surface area contributed by atoms with E-state index in [-0.39, 0.29) is 11.4 Å². The lowest BCUT2D eigenvalue weighted by Crippen LogP contribution is -2.48. The maximum atomic E-state index is 14.4. The quantitative estimate of drug-likeness (QED) is 0.384. The van der Waals surface area contributed by atoms with Gasteiger partial charge in [0.25, 0.3) is 0 Å². The maximum absolute atomic E-state index is 14.4. The number of halogens is 3. The number of hydrogen-bond donors (Lipinski definition) is 0. The fourth-order valence-corrected chi connectivity index (χ4v) is 3.93. The summed E-state index contributed by atoms with van der Waals surface area (Å²) in [6.45, 7) is 1.74. The van der Waals surface area contributed by atoms with E-state index in [0.717, 1.165) is 16.5 Å². The molecule has 0 aliphatic carbocycles. The van der Waals surface area contributed by atoms with Crippen molar-refractivity contribution >= 4 is 17.2 Å². The lowest BCUT2D eigenvalue weighted by molar-refractivity contribution is -0.253. The van der Waals surface area contributed by atoms with Gasteiger partial charge < -0.3 is 4.74 Å². The van der Waals surface area contributed by atoms with Gasteiger partial charge in [0.15, 0.2) is 0 Å². The topological polar surface area (TPSA) is 26.5 Å². The summed E-state index contributed by atoms with van der Waals surface area (Å²) in [6.07, 6.45) is -3.53. The van der Waals surface area contributed by atoms with Crippen LogP contribution in [-0.2, 0) is 5.72 Å². The highest BCUT2D eigenvalue weighted by Gasteiger charge is 2.61. The first kappa shape index (κ1) is 18.5. The van der Waals surface area contributed by atoms with Crippen LogP contribution in [0.5, 0.6) is 5.88 Å². The van der Waals surface area contributed by atoms with E-state index in [0.29, 0.717) is 11.1 Å². The predicted octanol–water partition coefficient (Wildman–Crippen LogP) is 6.30. The van der Waals surface area contributed by atoms with Crippen LogP contribution in [0.25, 0.3) is 22.0 Å². The van der Waals surface area contributed by atoms with E-state index < -0.39 is 11.9 Å². The van der Waals surface area contributed by atoms with Gasteiger partial charge in [0.1, 0.15) is 6.34 Å². The van der Waals surface area contributed by atoms with Crippen molar-refractivity contribution in [1.82, 2.24) is 4.57 Å². The average Bonchev–Trinajstić information content (AvgIpc) is 3.07. The fraction of sp³-hybridized carbons (Fsp3) is 0.125. The molecule has 0 fully saturated rings. The fourth-order valence-electron chi connectivity index (χ4n) is 3.93. The number of fused-ring (bicyclic) bond motifs is 3. The van der Waals surface area contributed by atoms with E-state index >= 15 is 0 Å². The minimum atomic E-state index is -4.76. The second-order valence-corrected chi connectivity index (χ2v) is 7.29. The van der Waals surface area contributed by atoms with E-state index in [4.69, 9.17) is 4.74 Å². The summed E-state index contributed by atoms with van der Waals surface area (Å²) in [7, 11) is 0. The van der Waals surface area contributed by atoms with Crippen LogP contribution in [0.15, 0.2) is 83.9 Å². The SMILES string of the molecule is Cc1cccc(C2(C(F)(F)F)N=Cn3c(c(-c4ccccc4)c4ccccc43)O2)c1. The Hall–Kier alpha value is -3.54. The van der Waals surface area contributed by atoms with E-state index in [1.54, 1.807) is 23.6 Å². The molecule has 1 aromatic heterocycles. The monoisotopic (exact) mass is 406 g/mol. The van der Waals surface area contributed by atoms with Crippen molar-refractivity contribution in [3.63, 3.8) is 0 Å². The third kappa shape index (κ3) is 2.64. The third-order valence-electron chi connectivity index (χ3n) is 5.32. The second-order valence-electron chi connectivity index (χ2n) is 7.29. The number of nitrogens with zero attached hydrogens (tertiary/aromatic N) is 2. The number of aromatic nitrogens is 1. The largest absolute Gasteiger partial charge is 0.455 e. The third-order valence-corrected chi connectivity index (χ3v) is 5.32. The van der Waals surface area contributed by atoms with Crippen LogP contribution in [-0.4, -0.2) is 17.1 Å². The molecule has 1 aliphatic heterocycles. The average molecular weight is 406 g/mol. The Morgan fingerprint density at radius 2 is 1.63 bits per heavy atom. The van der Waals surface area contributed by atoms with Crippen molar-refractivity contribution in [3.8, 4) is 17.0 Å². The van der Waals surface area contributed by atoms with Gasteiger partial charge in [-0.2, -0.15) is 13.2 Å². The first-order valence-corrected chi connectivity index (χ1v) is 9.47. The second kappa shape index (κ2) is 6.49. The van der Waals surface area contributed by atoms with Crippen LogP contribution in [0.1, 0.15) is 11.1 Å². The minimum Gasteiger partial charge on any atom is -0.436 e. The van der Waals surface area contributed by atoms with E-state index in [2.05, 4.69) is 4.99 Å². The molecule has 0 spiro atoms. The van der Waals surface area contributed by atoms with Crippen LogP contribution in [0.3, 0.4) is 0 Å². The first-order chi connectivity index (χ1) is 14.4. The van der Waals surface area contributed by atoms with Crippen LogP contribution in [0, 0.1) is 6.92 Å². The molecule has 0 saturated carbocycles. The molecular weight excluding hydrogens is 389 g/mol. The number of alkyl halides is 3. The van der Waals surface area contributed by atoms with Crippen LogP contribution >= 0.6 is 0 Å². The molecule has 1 atom stereocenters. The van der Waals surface area contributed by atoms with Crippen molar-refractivity contribution in [3.05, 3.63) is 90.0 Å². The number of hydrogen-bond acceptors (Lipinski definition) is 2. The van der Waals surface area contributed by atoms with Gasteiger partial charge in [-0.3, -0.25) is 4.57 Å². The molecule has 0 amide bonds. The Balaban J connectivity index is 1.81. The lowest BCUT2D eigenvalue weighted by atomic mass is 9.99. The summed E-state index contributed by atoms with van der Waals surface area (Å²) in [5.74, 6) is 0.122. The molecular formula is C24H17F3N2O. The van der Waals surface area contributed by atoms with Gasteiger partial charge in [-0.15, -0.1) is 0 Å². The van der Waals surface area contributed by atoms with E-state index in [1.807, 2.05) is 54.6 Å². The summed E-state index contributed by atoms with van der Waals surface area (Å²) in [4.78, 5) is 3.93. The molecule has 4 aromatic rings. The number of ether oxygens (including phenoxy) is 1. The zero-order chi connectivity index (χ0) is 20.9. The molecule has 0 saturated heterocycles. The van der Waals surface area contributed by atoms with Gasteiger partial charge in [0.2, 0.25) is 5.88 Å². The maximum Gasteiger partial charge on any atom is 0.455 e. The molecule has 5 rings (SSSR count). The van der Waals surface area contributed by atoms with E-state index in [9.17, 15) is 13.2 Å². The van der Waals surface area contributed by atoms with Gasteiger partial charge in [0, 0.05) is 10.9 Å². The Morgan fingerprint density at radius 3 is 2.37 bits per heavy atom. The summed E-state index contributed by atoms with van der Waals surface area (Å²) < 4.78 is 50.8. The van der Waals surface area contributed by atoms with E-state index in [1.165, 1.54) is 18.5 Å². The van der Waals surface area contributed by atoms with Crippen molar-refractivity contribution in [2.45, 2.75) is 18.8 Å². The molecule has 0 bridgehead atoms. The summed E-state index contributed by atoms with van der Waals surface area (Å²) in [6, 6.07) is 22.9. The molecule has 30 heavy (non-hydrogen) atoms. The molecule has 1 unspecified atom stereocenters. The lowest BCUT2D eigenvalue weighted by Gasteiger charge is -2.35. The molecule has 0 radical (unpaired) electrons. The Labute approximate surface area is 171 Å². The number of para-hydroxylation sites is 1. The molecule has 2 heterocycles. The molecule has 1 aliphatic rings. The molecule has 3 nitrogen and oxygen atoms in total. The van der Waals surface area contributed by atoms with Crippen LogP contribution < -0.4 is 4.74 Å². The number of benzene rings is 3. The number of aryl methyl sites for hydroxylation is 1. The Morgan fingerprint density at radius 1 is 0.900 bits per heavy atom. The molecule has 3 aromatic carbocycles. The van der Waals surface area contributed by atoms with Crippen LogP contribution in [0.2, 0.25) is 0 Å². The first-order valence-electron chi connectivity index (χ1n) is 9.47. The van der Waals surface area contributed by atoms with Gasteiger partial charge in [-0.1, -0.05) is 72.3 Å². The summed E-state index contributed by atoms with van der Waals surface area (Å²) in [5.41, 5.74) is -0.0506. The number of aliphatic imine (C=N–C) groups is 1. The predicted molar refractivity (Wildman–Crippen MR) is 111 cm³/mol. The van der Waals surface area contributed by atoms with Gasteiger partial charge in [-0.25, -0.2) is 4.99 Å². The van der Waals surface area contributed by atoms with Gasteiger partial charge in [-0.05, 0) is 24.6 Å². The molecule has 150 valence electrons. The standard InChI is InChI=1S/C24H17F3N2O/c1-16-8-7-11-18(14-16)23(24(25,26)27)28-15-29-20-13-6-5-12-19(20)21(22(29)30-23)17-9-3-2-4-10-17/h2-15H,1H3. The number of rotatable bonds is 2. The van der Waals surface area contributed by atoms with Crippen molar-refractivity contribution in [2.24, 2.45) is 4.99 Å². The van der Waals surface area contributed by atoms with Gasteiger partial charge in [0.05, 0.1) is 11.1 Å². The Bertz CT molecular complexity index is 1270. The smallest absolute Gasteiger partial charge is 0.436 e. The summed E-state index contributed by atoms with van der Waals surface area (Å²) in [5, 5.41) is 0.798. The zero-order valence-corrected chi connectivity index (χ0v) is 16.0. The molecule has 6 heteroatoms. The minimum absolute atomic E-state index is 0.0539. The van der Waals surface area contributed by atoms with Crippen molar-refractivity contribution < 1.29 is 17.9 Å². The van der Waals surface area contributed by atoms with Gasteiger partial charge >= 0.3 is 11.9 Å². The normalized spacial score (nSPS) is 18.3. The highest BCUT2D eigenvalue weighted by atomic mass is 19.4. The highest BCUT2D eigenvalue weighted by Crippen LogP contribution is 2.50. The van der Waals surface area contributed by atoms with Crippen molar-refractivity contribution in [1.29, 1.82) is 0 Å². The zero-order valence-electron chi connectivity index (χ0n) is 16.0. The van der Waals surface area contributed by atoms with Crippen molar-refractivity contribution in [2.75, 3.05) is 0 Å². The highest BCUT2D eigenvalue weighted by molar-refractivity contribution is 6.03. The summed E-state index contributed by atoms with van der Waals surface area (Å²) >= 11 is 0. The Kier molecular flexibility index (Phi) is 4.00.